The van der Waals surface area contributed by atoms with Crippen molar-refractivity contribution in [2.45, 2.75) is 25.9 Å². The fraction of sp³-hybridized carbons (Fsp3) is 0.312. The van der Waals surface area contributed by atoms with Gasteiger partial charge in [-0.25, -0.2) is 9.18 Å². The molecule has 0 spiro atoms. The topological polar surface area (TPSA) is 40.5 Å². The molecule has 1 N–H and O–H groups in total. The van der Waals surface area contributed by atoms with Crippen molar-refractivity contribution in [1.29, 1.82) is 0 Å². The molecule has 1 aromatic carbocycles. The van der Waals surface area contributed by atoms with Crippen molar-refractivity contribution >= 4 is 17.3 Å². The van der Waals surface area contributed by atoms with E-state index in [2.05, 4.69) is 23.3 Å². The highest BCUT2D eigenvalue weighted by molar-refractivity contribution is 7.10. The zero-order chi connectivity index (χ0) is 15.0. The number of carboxylic acid groups (broad SMARTS) is 1. The lowest BCUT2D eigenvalue weighted by Crippen LogP contribution is -2.32. The van der Waals surface area contributed by atoms with Gasteiger partial charge in [0.1, 0.15) is 5.82 Å². The van der Waals surface area contributed by atoms with Gasteiger partial charge in [-0.3, -0.25) is 4.90 Å². The van der Waals surface area contributed by atoms with Crippen molar-refractivity contribution in [3.8, 4) is 0 Å². The Hall–Kier alpha value is -1.72. The summed E-state index contributed by atoms with van der Waals surface area (Å²) in [7, 11) is 0. The molecular weight excluding hydrogens is 289 g/mol. The van der Waals surface area contributed by atoms with Crippen LogP contribution in [0.3, 0.4) is 0 Å². The summed E-state index contributed by atoms with van der Waals surface area (Å²) in [6, 6.07) is 6.45. The number of halogens is 1. The van der Waals surface area contributed by atoms with Crippen molar-refractivity contribution in [2.24, 2.45) is 0 Å². The molecule has 0 fully saturated rings. The van der Waals surface area contributed by atoms with Gasteiger partial charge in [-0.15, -0.1) is 11.3 Å². The first-order valence-electron chi connectivity index (χ1n) is 6.87. The number of hydrogen-bond donors (Lipinski definition) is 1. The third-order valence-corrected chi connectivity index (χ3v) is 4.99. The molecule has 3 nitrogen and oxygen atoms in total. The summed E-state index contributed by atoms with van der Waals surface area (Å²) in [6.45, 7) is 3.62. The molecule has 110 valence electrons. The normalized spacial score (nSPS) is 18.5. The lowest BCUT2D eigenvalue weighted by atomic mass is 10.0. The number of carboxylic acids is 1. The van der Waals surface area contributed by atoms with Crippen LogP contribution >= 0.6 is 11.3 Å². The number of carbonyl (C=O) groups is 1. The van der Waals surface area contributed by atoms with Gasteiger partial charge in [0.2, 0.25) is 0 Å². The van der Waals surface area contributed by atoms with Crippen LogP contribution < -0.4 is 0 Å². The Kier molecular flexibility index (Phi) is 3.78. The second-order valence-electron chi connectivity index (χ2n) is 5.35. The van der Waals surface area contributed by atoms with Crippen LogP contribution in [-0.2, 0) is 13.0 Å². The van der Waals surface area contributed by atoms with Gasteiger partial charge >= 0.3 is 5.97 Å². The van der Waals surface area contributed by atoms with E-state index in [9.17, 15) is 9.18 Å². The Morgan fingerprint density at radius 2 is 2.29 bits per heavy atom. The van der Waals surface area contributed by atoms with Crippen LogP contribution in [0.15, 0.2) is 29.6 Å². The summed E-state index contributed by atoms with van der Waals surface area (Å²) in [5, 5.41) is 11.1. The van der Waals surface area contributed by atoms with Gasteiger partial charge in [0.15, 0.2) is 0 Å². The molecule has 1 atom stereocenters. The molecular formula is C16H16FNO2S. The van der Waals surface area contributed by atoms with E-state index in [0.717, 1.165) is 19.0 Å². The quantitative estimate of drug-likeness (QED) is 0.940. The van der Waals surface area contributed by atoms with Crippen LogP contribution in [0, 0.1) is 5.82 Å². The Balaban J connectivity index is 1.83. The number of rotatable bonds is 3. The van der Waals surface area contributed by atoms with Crippen LogP contribution in [0.1, 0.15) is 39.3 Å². The fourth-order valence-corrected chi connectivity index (χ4v) is 3.84. The Bertz CT molecular complexity index is 683. The van der Waals surface area contributed by atoms with Crippen LogP contribution in [0.5, 0.6) is 0 Å². The maximum atomic E-state index is 13.5. The third kappa shape index (κ3) is 2.84. The molecule has 1 aliphatic rings. The number of aromatic carboxylic acids is 1. The summed E-state index contributed by atoms with van der Waals surface area (Å²) >= 11 is 1.78. The van der Waals surface area contributed by atoms with Gasteiger partial charge in [0.05, 0.1) is 5.56 Å². The van der Waals surface area contributed by atoms with Crippen LogP contribution in [0.2, 0.25) is 0 Å². The molecule has 0 saturated heterocycles. The maximum Gasteiger partial charge on any atom is 0.335 e. The Morgan fingerprint density at radius 3 is 3.05 bits per heavy atom. The monoisotopic (exact) mass is 305 g/mol. The maximum absolute atomic E-state index is 13.5. The molecule has 1 aliphatic heterocycles. The van der Waals surface area contributed by atoms with E-state index in [0.29, 0.717) is 12.1 Å². The smallest absolute Gasteiger partial charge is 0.335 e. The first-order valence-corrected chi connectivity index (χ1v) is 7.75. The van der Waals surface area contributed by atoms with Gasteiger partial charge in [-0.2, -0.15) is 0 Å². The molecule has 0 bridgehead atoms. The number of benzene rings is 1. The van der Waals surface area contributed by atoms with Crippen molar-refractivity contribution in [2.75, 3.05) is 6.54 Å². The van der Waals surface area contributed by atoms with E-state index in [1.807, 2.05) is 0 Å². The molecule has 2 aromatic rings. The zero-order valence-electron chi connectivity index (χ0n) is 11.7. The largest absolute Gasteiger partial charge is 0.478 e. The molecule has 3 rings (SSSR count). The average molecular weight is 305 g/mol. The average Bonchev–Trinajstić information content (AvgIpc) is 2.90. The van der Waals surface area contributed by atoms with E-state index >= 15 is 0 Å². The van der Waals surface area contributed by atoms with Gasteiger partial charge in [0, 0.05) is 24.0 Å². The molecule has 0 radical (unpaired) electrons. The van der Waals surface area contributed by atoms with Crippen LogP contribution in [0.25, 0.3) is 0 Å². The van der Waals surface area contributed by atoms with Crippen molar-refractivity contribution in [3.05, 3.63) is 57.0 Å². The summed E-state index contributed by atoms with van der Waals surface area (Å²) in [6.07, 6.45) is 0.998. The van der Waals surface area contributed by atoms with Crippen molar-refractivity contribution in [3.63, 3.8) is 0 Å². The van der Waals surface area contributed by atoms with Crippen LogP contribution in [-0.4, -0.2) is 22.5 Å². The van der Waals surface area contributed by atoms with Crippen LogP contribution in [0.4, 0.5) is 4.39 Å². The van der Waals surface area contributed by atoms with Gasteiger partial charge in [-0.05, 0) is 54.1 Å². The Labute approximate surface area is 126 Å². The molecule has 0 amide bonds. The molecule has 1 aromatic heterocycles. The minimum Gasteiger partial charge on any atom is -0.478 e. The molecule has 0 saturated carbocycles. The number of fused-ring (bicyclic) bond motifs is 1. The second kappa shape index (κ2) is 5.58. The van der Waals surface area contributed by atoms with E-state index in [1.165, 1.54) is 16.5 Å². The zero-order valence-corrected chi connectivity index (χ0v) is 12.5. The standard InChI is InChI=1S/C16H16FNO2S/c1-10-14-3-5-21-15(14)2-4-18(10)9-11-6-12(16(19)20)8-13(17)7-11/h3,5-8,10H,2,4,9H2,1H3,(H,19,20). The van der Waals surface area contributed by atoms with Crippen molar-refractivity contribution < 1.29 is 14.3 Å². The third-order valence-electron chi connectivity index (χ3n) is 3.99. The van der Waals surface area contributed by atoms with E-state index in [4.69, 9.17) is 5.11 Å². The highest BCUT2D eigenvalue weighted by Crippen LogP contribution is 2.33. The van der Waals surface area contributed by atoms with E-state index in [-0.39, 0.29) is 11.6 Å². The molecule has 21 heavy (non-hydrogen) atoms. The minimum absolute atomic E-state index is 0.00545. The number of hydrogen-bond acceptors (Lipinski definition) is 3. The highest BCUT2D eigenvalue weighted by atomic mass is 32.1. The van der Waals surface area contributed by atoms with Gasteiger partial charge in [0.25, 0.3) is 0 Å². The van der Waals surface area contributed by atoms with E-state index < -0.39 is 11.8 Å². The molecule has 0 aliphatic carbocycles. The van der Waals surface area contributed by atoms with E-state index in [1.54, 1.807) is 17.4 Å². The SMILES string of the molecule is CC1c2ccsc2CCN1Cc1cc(F)cc(C(=O)O)c1. The second-order valence-corrected chi connectivity index (χ2v) is 6.35. The molecule has 2 heterocycles. The lowest BCUT2D eigenvalue weighted by Gasteiger charge is -2.33. The van der Waals surface area contributed by atoms with Crippen molar-refractivity contribution in [1.82, 2.24) is 4.90 Å². The summed E-state index contributed by atoms with van der Waals surface area (Å²) in [4.78, 5) is 14.7. The summed E-state index contributed by atoms with van der Waals surface area (Å²) in [5.41, 5.74) is 2.05. The predicted molar refractivity (Wildman–Crippen MR) is 80.2 cm³/mol. The first kappa shape index (κ1) is 14.2. The minimum atomic E-state index is -1.09. The number of nitrogens with zero attached hydrogens (tertiary/aromatic N) is 1. The first-order chi connectivity index (χ1) is 10.0. The lowest BCUT2D eigenvalue weighted by molar-refractivity contribution is 0.0696. The fourth-order valence-electron chi connectivity index (χ4n) is 2.88. The summed E-state index contributed by atoms with van der Waals surface area (Å²) in [5.74, 6) is -1.59. The van der Waals surface area contributed by atoms with Gasteiger partial charge in [-0.1, -0.05) is 0 Å². The number of thiophene rings is 1. The highest BCUT2D eigenvalue weighted by Gasteiger charge is 2.24. The summed E-state index contributed by atoms with van der Waals surface area (Å²) < 4.78 is 13.5. The van der Waals surface area contributed by atoms with Gasteiger partial charge < -0.3 is 5.11 Å². The molecule has 5 heteroatoms. The Morgan fingerprint density at radius 1 is 1.48 bits per heavy atom. The predicted octanol–water partition coefficient (Wildman–Crippen LogP) is 3.70. The molecule has 1 unspecified atom stereocenters.